The van der Waals surface area contributed by atoms with E-state index in [0.717, 1.165) is 12.0 Å². The Labute approximate surface area is 110 Å². The number of aromatic nitrogens is 2. The molecule has 0 saturated carbocycles. The Bertz CT molecular complexity index is 622. The van der Waals surface area contributed by atoms with Crippen LogP contribution in [0.5, 0.6) is 0 Å². The second-order valence-corrected chi connectivity index (χ2v) is 4.73. The first-order valence-corrected chi connectivity index (χ1v) is 6.27. The smallest absolute Gasteiger partial charge is 0.261 e. The van der Waals surface area contributed by atoms with Gasteiger partial charge in [0.2, 0.25) is 0 Å². The highest BCUT2D eigenvalue weighted by molar-refractivity contribution is 6.31. The minimum atomic E-state index is -0.0801. The molecule has 2 rings (SSSR count). The Morgan fingerprint density at radius 3 is 2.89 bits per heavy atom. The number of nitrogens with zero attached hydrogens (tertiary/aromatic N) is 2. The van der Waals surface area contributed by atoms with Gasteiger partial charge in [0.05, 0.1) is 17.2 Å². The van der Waals surface area contributed by atoms with Crippen LogP contribution in [0.3, 0.4) is 0 Å². The molecule has 0 aliphatic carbocycles. The van der Waals surface area contributed by atoms with Gasteiger partial charge in [0.15, 0.2) is 0 Å². The van der Waals surface area contributed by atoms with Gasteiger partial charge in [-0.1, -0.05) is 11.6 Å². The first-order chi connectivity index (χ1) is 8.63. The Morgan fingerprint density at radius 2 is 2.17 bits per heavy atom. The molecule has 0 amide bonds. The van der Waals surface area contributed by atoms with E-state index >= 15 is 0 Å². The van der Waals surface area contributed by atoms with E-state index in [0.29, 0.717) is 28.9 Å². The summed E-state index contributed by atoms with van der Waals surface area (Å²) in [6, 6.07) is 3.45. The van der Waals surface area contributed by atoms with Crippen molar-refractivity contribution >= 4 is 22.5 Å². The number of aliphatic hydroxyl groups is 1. The monoisotopic (exact) mass is 266 g/mol. The fourth-order valence-electron chi connectivity index (χ4n) is 1.96. The standard InChI is InChI=1S/C13H15ClN2O2/c1-9-6-10(14)7-11-12(9)15-8-16(13(11)18)4-2-3-5-17/h6-8,17H,2-5H2,1H3. The highest BCUT2D eigenvalue weighted by Gasteiger charge is 2.07. The maximum Gasteiger partial charge on any atom is 0.261 e. The predicted octanol–water partition coefficient (Wildman–Crippen LogP) is 2.13. The van der Waals surface area contributed by atoms with Crippen molar-refractivity contribution in [3.63, 3.8) is 0 Å². The highest BCUT2D eigenvalue weighted by atomic mass is 35.5. The summed E-state index contributed by atoms with van der Waals surface area (Å²) in [7, 11) is 0. The van der Waals surface area contributed by atoms with Crippen LogP contribution in [0.1, 0.15) is 18.4 Å². The highest BCUT2D eigenvalue weighted by Crippen LogP contribution is 2.18. The number of fused-ring (bicyclic) bond motifs is 1. The molecule has 0 radical (unpaired) electrons. The zero-order valence-electron chi connectivity index (χ0n) is 10.2. The molecular weight excluding hydrogens is 252 g/mol. The SMILES string of the molecule is Cc1cc(Cl)cc2c(=O)n(CCCCO)cnc12. The third-order valence-electron chi connectivity index (χ3n) is 2.89. The fraction of sp³-hybridized carbons (Fsp3) is 0.385. The van der Waals surface area contributed by atoms with Gasteiger partial charge in [-0.15, -0.1) is 0 Å². The van der Waals surface area contributed by atoms with Gasteiger partial charge in [-0.25, -0.2) is 4.98 Å². The first-order valence-electron chi connectivity index (χ1n) is 5.89. The molecule has 0 unspecified atom stereocenters. The summed E-state index contributed by atoms with van der Waals surface area (Å²) in [5, 5.41) is 9.83. The number of aryl methyl sites for hydroxylation is 2. The summed E-state index contributed by atoms with van der Waals surface area (Å²) in [4.78, 5) is 16.5. The van der Waals surface area contributed by atoms with E-state index in [-0.39, 0.29) is 12.2 Å². The van der Waals surface area contributed by atoms with Gasteiger partial charge in [-0.2, -0.15) is 0 Å². The lowest BCUT2D eigenvalue weighted by Gasteiger charge is -2.07. The van der Waals surface area contributed by atoms with E-state index in [9.17, 15) is 4.79 Å². The Hall–Kier alpha value is -1.39. The van der Waals surface area contributed by atoms with E-state index in [1.54, 1.807) is 23.0 Å². The third-order valence-corrected chi connectivity index (χ3v) is 3.11. The molecule has 18 heavy (non-hydrogen) atoms. The molecule has 96 valence electrons. The summed E-state index contributed by atoms with van der Waals surface area (Å²) in [5.41, 5.74) is 1.52. The van der Waals surface area contributed by atoms with E-state index in [4.69, 9.17) is 16.7 Å². The second-order valence-electron chi connectivity index (χ2n) is 4.29. The number of rotatable bonds is 4. The van der Waals surface area contributed by atoms with Gasteiger partial charge in [-0.3, -0.25) is 9.36 Å². The number of aliphatic hydroxyl groups excluding tert-OH is 1. The van der Waals surface area contributed by atoms with Crippen molar-refractivity contribution in [1.29, 1.82) is 0 Å². The van der Waals surface area contributed by atoms with E-state index in [1.807, 2.05) is 6.92 Å². The number of halogens is 1. The van der Waals surface area contributed by atoms with Crippen LogP contribution in [0.4, 0.5) is 0 Å². The van der Waals surface area contributed by atoms with E-state index in [1.165, 1.54) is 0 Å². The van der Waals surface area contributed by atoms with E-state index in [2.05, 4.69) is 4.98 Å². The molecule has 1 heterocycles. The van der Waals surface area contributed by atoms with Crippen LogP contribution in [-0.4, -0.2) is 21.3 Å². The normalized spacial score (nSPS) is 11.1. The van der Waals surface area contributed by atoms with Crippen molar-refractivity contribution in [1.82, 2.24) is 9.55 Å². The molecule has 2 aromatic rings. The lowest BCUT2D eigenvalue weighted by atomic mass is 10.1. The van der Waals surface area contributed by atoms with Gasteiger partial charge in [0, 0.05) is 18.2 Å². The van der Waals surface area contributed by atoms with Crippen LogP contribution in [0.15, 0.2) is 23.3 Å². The molecular formula is C13H15ClN2O2. The molecule has 0 aliphatic heterocycles. The Kier molecular flexibility index (Phi) is 3.99. The van der Waals surface area contributed by atoms with Crippen molar-refractivity contribution in [3.05, 3.63) is 39.4 Å². The molecule has 0 fully saturated rings. The topological polar surface area (TPSA) is 55.1 Å². The van der Waals surface area contributed by atoms with E-state index < -0.39 is 0 Å². The van der Waals surface area contributed by atoms with Crippen molar-refractivity contribution in [2.45, 2.75) is 26.3 Å². The minimum absolute atomic E-state index is 0.0801. The molecule has 5 heteroatoms. The molecule has 1 aromatic heterocycles. The van der Waals surface area contributed by atoms with Crippen LogP contribution < -0.4 is 5.56 Å². The lowest BCUT2D eigenvalue weighted by Crippen LogP contribution is -2.21. The van der Waals surface area contributed by atoms with Crippen molar-refractivity contribution in [2.75, 3.05) is 6.61 Å². The van der Waals surface area contributed by atoms with Crippen LogP contribution >= 0.6 is 11.6 Å². The van der Waals surface area contributed by atoms with Crippen molar-refractivity contribution in [2.24, 2.45) is 0 Å². The van der Waals surface area contributed by atoms with Gasteiger partial charge in [0.1, 0.15) is 0 Å². The maximum atomic E-state index is 12.2. The summed E-state index contributed by atoms with van der Waals surface area (Å²) in [6.07, 6.45) is 2.99. The van der Waals surface area contributed by atoms with Gasteiger partial charge in [-0.05, 0) is 37.5 Å². The van der Waals surface area contributed by atoms with Gasteiger partial charge in [0.25, 0.3) is 5.56 Å². The molecule has 0 aliphatic rings. The number of hydrogen-bond acceptors (Lipinski definition) is 3. The third kappa shape index (κ3) is 2.54. The summed E-state index contributed by atoms with van der Waals surface area (Å²) in [5.74, 6) is 0. The molecule has 4 nitrogen and oxygen atoms in total. The Morgan fingerprint density at radius 1 is 1.39 bits per heavy atom. The first kappa shape index (κ1) is 13.1. The molecule has 0 atom stereocenters. The largest absolute Gasteiger partial charge is 0.396 e. The van der Waals surface area contributed by atoms with Crippen LogP contribution in [0.2, 0.25) is 5.02 Å². The predicted molar refractivity (Wildman–Crippen MR) is 72.1 cm³/mol. The summed E-state index contributed by atoms with van der Waals surface area (Å²) in [6.45, 7) is 2.59. The van der Waals surface area contributed by atoms with Crippen LogP contribution in [0.25, 0.3) is 10.9 Å². The average molecular weight is 267 g/mol. The zero-order valence-corrected chi connectivity index (χ0v) is 10.9. The minimum Gasteiger partial charge on any atom is -0.396 e. The zero-order chi connectivity index (χ0) is 13.1. The van der Waals surface area contributed by atoms with Crippen molar-refractivity contribution in [3.8, 4) is 0 Å². The molecule has 0 spiro atoms. The molecule has 1 N–H and O–H groups in total. The Balaban J connectivity index is 2.47. The number of benzene rings is 1. The van der Waals surface area contributed by atoms with Gasteiger partial charge < -0.3 is 5.11 Å². The lowest BCUT2D eigenvalue weighted by molar-refractivity contribution is 0.281. The quantitative estimate of drug-likeness (QED) is 0.863. The number of hydrogen-bond donors (Lipinski definition) is 1. The van der Waals surface area contributed by atoms with Gasteiger partial charge >= 0.3 is 0 Å². The summed E-state index contributed by atoms with van der Waals surface area (Å²) >= 11 is 5.97. The molecule has 0 saturated heterocycles. The fourth-order valence-corrected chi connectivity index (χ4v) is 2.23. The van der Waals surface area contributed by atoms with Crippen LogP contribution in [0, 0.1) is 6.92 Å². The summed E-state index contributed by atoms with van der Waals surface area (Å²) < 4.78 is 1.56. The average Bonchev–Trinajstić information content (AvgIpc) is 2.33. The maximum absolute atomic E-state index is 12.2. The number of unbranched alkanes of at least 4 members (excludes halogenated alkanes) is 1. The molecule has 0 bridgehead atoms. The molecule has 1 aromatic carbocycles. The second kappa shape index (κ2) is 5.50. The van der Waals surface area contributed by atoms with Crippen LogP contribution in [-0.2, 0) is 6.54 Å². The van der Waals surface area contributed by atoms with Crippen molar-refractivity contribution < 1.29 is 5.11 Å².